The average molecular weight is 175 g/mol. The maximum Gasteiger partial charge on any atom is 0.123 e. The number of hydrogen-bond donors (Lipinski definition) is 2. The molecule has 1 aromatic heterocycles. The van der Waals surface area contributed by atoms with Gasteiger partial charge in [-0.3, -0.25) is 0 Å². The van der Waals surface area contributed by atoms with Gasteiger partial charge in [0.15, 0.2) is 0 Å². The van der Waals surface area contributed by atoms with Gasteiger partial charge in [-0.25, -0.2) is 0 Å². The number of phenols is 1. The quantitative estimate of drug-likeness (QED) is 0.516. The van der Waals surface area contributed by atoms with E-state index >= 15 is 0 Å². The van der Waals surface area contributed by atoms with Gasteiger partial charge in [0.25, 0.3) is 0 Å². The molecule has 0 unspecified atom stereocenters. The summed E-state index contributed by atoms with van der Waals surface area (Å²) in [4.78, 5) is 0. The van der Waals surface area contributed by atoms with E-state index in [2.05, 4.69) is 0 Å². The van der Waals surface area contributed by atoms with Crippen molar-refractivity contribution in [3.8, 4) is 16.9 Å². The van der Waals surface area contributed by atoms with Gasteiger partial charge in [0, 0.05) is 16.8 Å². The third-order valence-corrected chi connectivity index (χ3v) is 1.85. The number of aromatic hydroxyl groups is 1. The van der Waals surface area contributed by atoms with Gasteiger partial charge in [0.05, 0.1) is 12.5 Å². The van der Waals surface area contributed by atoms with Gasteiger partial charge in [0.2, 0.25) is 0 Å². The predicted molar refractivity (Wildman–Crippen MR) is 50.2 cm³/mol. The van der Waals surface area contributed by atoms with Crippen molar-refractivity contribution in [3.05, 3.63) is 36.8 Å². The number of rotatable bonds is 1. The molecule has 0 amide bonds. The van der Waals surface area contributed by atoms with Crippen molar-refractivity contribution in [2.24, 2.45) is 0 Å². The van der Waals surface area contributed by atoms with Crippen LogP contribution >= 0.6 is 0 Å². The minimum Gasteiger partial charge on any atom is -0.507 e. The van der Waals surface area contributed by atoms with Crippen molar-refractivity contribution in [2.45, 2.75) is 0 Å². The highest BCUT2D eigenvalue weighted by molar-refractivity contribution is 5.72. The van der Waals surface area contributed by atoms with Crippen LogP contribution in [0.3, 0.4) is 0 Å². The number of phenolic OH excluding ortho intramolecular Hbond substituents is 1. The van der Waals surface area contributed by atoms with E-state index in [-0.39, 0.29) is 5.75 Å². The number of furan rings is 1. The Morgan fingerprint density at radius 3 is 2.77 bits per heavy atom. The lowest BCUT2D eigenvalue weighted by Crippen LogP contribution is -1.84. The molecule has 3 N–H and O–H groups in total. The van der Waals surface area contributed by atoms with E-state index in [9.17, 15) is 5.11 Å². The van der Waals surface area contributed by atoms with Crippen molar-refractivity contribution < 1.29 is 9.52 Å². The van der Waals surface area contributed by atoms with Crippen LogP contribution in [0.25, 0.3) is 11.1 Å². The standard InChI is InChI=1S/C10H9NO2/c11-8-1-2-10(12)9(5-8)7-3-4-13-6-7/h1-6,12H,11H2. The first-order valence-corrected chi connectivity index (χ1v) is 3.88. The van der Waals surface area contributed by atoms with Crippen LogP contribution in [0.4, 0.5) is 5.69 Å². The monoisotopic (exact) mass is 175 g/mol. The van der Waals surface area contributed by atoms with E-state index in [1.54, 1.807) is 36.8 Å². The van der Waals surface area contributed by atoms with E-state index in [0.717, 1.165) is 5.56 Å². The van der Waals surface area contributed by atoms with Crippen LogP contribution in [-0.2, 0) is 0 Å². The third kappa shape index (κ3) is 1.36. The summed E-state index contributed by atoms with van der Waals surface area (Å²) in [6, 6.07) is 6.70. The molecule has 0 fully saturated rings. The molecule has 0 aliphatic carbocycles. The Morgan fingerprint density at radius 2 is 2.08 bits per heavy atom. The number of anilines is 1. The molecule has 3 heteroatoms. The highest BCUT2D eigenvalue weighted by Gasteiger charge is 2.04. The Kier molecular flexibility index (Phi) is 1.70. The van der Waals surface area contributed by atoms with Gasteiger partial charge in [-0.15, -0.1) is 0 Å². The second kappa shape index (κ2) is 2.86. The maximum absolute atomic E-state index is 9.51. The van der Waals surface area contributed by atoms with Gasteiger partial charge in [-0.05, 0) is 24.3 Å². The van der Waals surface area contributed by atoms with Crippen molar-refractivity contribution in [1.82, 2.24) is 0 Å². The summed E-state index contributed by atoms with van der Waals surface area (Å²) in [6.07, 6.45) is 3.12. The fourth-order valence-electron chi connectivity index (χ4n) is 1.20. The van der Waals surface area contributed by atoms with E-state index in [1.807, 2.05) is 0 Å². The van der Waals surface area contributed by atoms with Crippen LogP contribution in [0, 0.1) is 0 Å². The molecular weight excluding hydrogens is 166 g/mol. The van der Waals surface area contributed by atoms with Crippen molar-refractivity contribution in [3.63, 3.8) is 0 Å². The first kappa shape index (κ1) is 7.73. The Bertz CT molecular complexity index is 407. The fourth-order valence-corrected chi connectivity index (χ4v) is 1.20. The summed E-state index contributed by atoms with van der Waals surface area (Å²) in [7, 11) is 0. The number of hydrogen-bond acceptors (Lipinski definition) is 3. The summed E-state index contributed by atoms with van der Waals surface area (Å²) in [6.45, 7) is 0. The molecule has 3 nitrogen and oxygen atoms in total. The van der Waals surface area contributed by atoms with E-state index < -0.39 is 0 Å². The van der Waals surface area contributed by atoms with Gasteiger partial charge >= 0.3 is 0 Å². The molecule has 2 rings (SSSR count). The van der Waals surface area contributed by atoms with Crippen LogP contribution < -0.4 is 5.73 Å². The van der Waals surface area contributed by atoms with E-state index in [4.69, 9.17) is 10.2 Å². The van der Waals surface area contributed by atoms with Crippen LogP contribution in [0.1, 0.15) is 0 Å². The minimum absolute atomic E-state index is 0.204. The molecule has 13 heavy (non-hydrogen) atoms. The highest BCUT2D eigenvalue weighted by Crippen LogP contribution is 2.30. The van der Waals surface area contributed by atoms with E-state index in [1.165, 1.54) is 0 Å². The van der Waals surface area contributed by atoms with Crippen molar-refractivity contribution in [1.29, 1.82) is 0 Å². The first-order valence-electron chi connectivity index (χ1n) is 3.88. The zero-order valence-corrected chi connectivity index (χ0v) is 6.90. The molecule has 0 radical (unpaired) electrons. The van der Waals surface area contributed by atoms with Crippen LogP contribution in [0.15, 0.2) is 41.2 Å². The first-order chi connectivity index (χ1) is 6.27. The van der Waals surface area contributed by atoms with Gasteiger partial charge < -0.3 is 15.3 Å². The lowest BCUT2D eigenvalue weighted by atomic mass is 10.1. The second-order valence-corrected chi connectivity index (χ2v) is 2.79. The van der Waals surface area contributed by atoms with Gasteiger partial charge in [-0.2, -0.15) is 0 Å². The number of nitrogens with two attached hydrogens (primary N) is 1. The summed E-state index contributed by atoms with van der Waals surface area (Å²) < 4.78 is 4.91. The van der Waals surface area contributed by atoms with Gasteiger partial charge in [-0.1, -0.05) is 0 Å². The fraction of sp³-hybridized carbons (Fsp3) is 0. The maximum atomic E-state index is 9.51. The third-order valence-electron chi connectivity index (χ3n) is 1.85. The highest BCUT2D eigenvalue weighted by atomic mass is 16.3. The molecule has 0 spiro atoms. The number of nitrogen functional groups attached to an aromatic ring is 1. The summed E-state index contributed by atoms with van der Waals surface area (Å²) in [5, 5.41) is 9.51. The zero-order valence-electron chi connectivity index (χ0n) is 6.90. The zero-order chi connectivity index (χ0) is 9.26. The molecule has 66 valence electrons. The average Bonchev–Trinajstić information content (AvgIpc) is 2.61. The van der Waals surface area contributed by atoms with Gasteiger partial charge in [0.1, 0.15) is 5.75 Å². The summed E-state index contributed by atoms with van der Waals surface area (Å²) >= 11 is 0. The molecule has 0 atom stereocenters. The van der Waals surface area contributed by atoms with Crippen molar-refractivity contribution >= 4 is 5.69 Å². The molecule has 2 aromatic rings. The van der Waals surface area contributed by atoms with Crippen molar-refractivity contribution in [2.75, 3.05) is 5.73 Å². The van der Waals surface area contributed by atoms with Crippen LogP contribution in [0.2, 0.25) is 0 Å². The number of benzene rings is 1. The lowest BCUT2D eigenvalue weighted by Gasteiger charge is -2.01. The summed E-state index contributed by atoms with van der Waals surface area (Å²) in [5.41, 5.74) is 7.72. The molecule has 0 aliphatic rings. The normalized spacial score (nSPS) is 10.2. The minimum atomic E-state index is 0.204. The van der Waals surface area contributed by atoms with Crippen LogP contribution in [-0.4, -0.2) is 5.11 Å². The SMILES string of the molecule is Nc1ccc(O)c(-c2ccoc2)c1. The molecule has 1 heterocycles. The molecule has 0 aliphatic heterocycles. The lowest BCUT2D eigenvalue weighted by molar-refractivity contribution is 0.477. The Morgan fingerprint density at radius 1 is 1.23 bits per heavy atom. The molecule has 0 bridgehead atoms. The smallest absolute Gasteiger partial charge is 0.123 e. The molecular formula is C10H9NO2. The molecule has 0 saturated heterocycles. The van der Waals surface area contributed by atoms with Crippen LogP contribution in [0.5, 0.6) is 5.75 Å². The summed E-state index contributed by atoms with van der Waals surface area (Å²) in [5.74, 6) is 0.204. The largest absolute Gasteiger partial charge is 0.507 e. The van der Waals surface area contributed by atoms with E-state index in [0.29, 0.717) is 11.3 Å². The molecule has 1 aromatic carbocycles. The Balaban J connectivity index is 2.57. The molecule has 0 saturated carbocycles. The topological polar surface area (TPSA) is 59.4 Å². The second-order valence-electron chi connectivity index (χ2n) is 2.79. The Hall–Kier alpha value is -1.90. The Labute approximate surface area is 75.4 Å². The predicted octanol–water partition coefficient (Wildman–Crippen LogP) is 2.23.